The van der Waals surface area contributed by atoms with Gasteiger partial charge < -0.3 is 35.2 Å². The van der Waals surface area contributed by atoms with E-state index in [1.54, 1.807) is 13.8 Å². The second kappa shape index (κ2) is 14.2. The highest BCUT2D eigenvalue weighted by atomic mass is 31.1. The van der Waals surface area contributed by atoms with Crippen molar-refractivity contribution in [2.45, 2.75) is 32.4 Å². The van der Waals surface area contributed by atoms with Crippen molar-refractivity contribution in [3.05, 3.63) is 0 Å². The molecule has 24 heavy (non-hydrogen) atoms. The number of carboxylic acid groups (broad SMARTS) is 2. The van der Waals surface area contributed by atoms with Gasteiger partial charge in [0.1, 0.15) is 12.6 Å². The minimum Gasteiger partial charge on any atom is -0.565 e. The van der Waals surface area contributed by atoms with Crippen LogP contribution in [0.4, 0.5) is 0 Å². The molecule has 0 saturated heterocycles. The van der Waals surface area contributed by atoms with Gasteiger partial charge in [-0.25, -0.2) is 5.26 Å². The van der Waals surface area contributed by atoms with Crippen LogP contribution in [0.15, 0.2) is 0 Å². The number of hydrogen-bond donors (Lipinski definition) is 4. The van der Waals surface area contributed by atoms with E-state index in [4.69, 9.17) is 30.7 Å². The molecule has 0 aliphatic rings. The molecule has 0 bridgehead atoms. The predicted octanol–water partition coefficient (Wildman–Crippen LogP) is -2.01. The summed E-state index contributed by atoms with van der Waals surface area (Å²) in [4.78, 5) is 29.0. The Bertz CT molecular complexity index is 391. The summed E-state index contributed by atoms with van der Waals surface area (Å²) in [6, 6.07) is -0.824. The molecule has 146 valence electrons. The van der Waals surface area contributed by atoms with E-state index in [2.05, 4.69) is 4.67 Å². The van der Waals surface area contributed by atoms with Crippen molar-refractivity contribution in [1.82, 2.24) is 0 Å². The zero-order valence-electron chi connectivity index (χ0n) is 14.4. The molecule has 0 fully saturated rings. The first-order chi connectivity index (χ1) is 10.6. The first kappa shape index (κ1) is 27.6. The summed E-state index contributed by atoms with van der Waals surface area (Å²) < 4.78 is 12.2. The van der Waals surface area contributed by atoms with Gasteiger partial charge in [0, 0.05) is 12.1 Å². The summed E-state index contributed by atoms with van der Waals surface area (Å²) in [5, 5.41) is 34.4. The van der Waals surface area contributed by atoms with Crippen LogP contribution in [0.25, 0.3) is 0 Å². The van der Waals surface area contributed by atoms with Crippen molar-refractivity contribution in [3.8, 4) is 0 Å². The van der Waals surface area contributed by atoms with Crippen molar-refractivity contribution >= 4 is 20.2 Å². The van der Waals surface area contributed by atoms with Gasteiger partial charge in [-0.1, -0.05) is 13.8 Å². The number of aliphatic carboxylic acids is 2. The monoisotopic (exact) mass is 376 g/mol. The number of carbonyl (C=O) groups is 2. The average molecular weight is 376 g/mol. The number of aliphatic hydroxyl groups is 1. The molecule has 0 spiro atoms. The summed E-state index contributed by atoms with van der Waals surface area (Å²) >= 11 is 0. The Kier molecular flexibility index (Phi) is 16.3. The third-order valence-corrected chi connectivity index (χ3v) is 2.36. The first-order valence-corrected chi connectivity index (χ1v) is 7.86. The van der Waals surface area contributed by atoms with E-state index in [9.17, 15) is 14.7 Å². The van der Waals surface area contributed by atoms with Crippen LogP contribution in [-0.4, -0.2) is 71.7 Å². The van der Waals surface area contributed by atoms with Crippen molar-refractivity contribution in [2.24, 2.45) is 11.7 Å². The van der Waals surface area contributed by atoms with Crippen LogP contribution in [0.2, 0.25) is 0 Å². The molecule has 0 radical (unpaired) electrons. The number of likely N-dealkylation sites (N-methyl/N-ethyl adjacent to an activating group) is 1. The summed E-state index contributed by atoms with van der Waals surface area (Å²) in [5.74, 6) is -2.18. The minimum absolute atomic E-state index is 0. The molecule has 5 N–H and O–H groups in total. The highest BCUT2D eigenvalue weighted by molar-refractivity contribution is 7.30. The summed E-state index contributed by atoms with van der Waals surface area (Å²) in [7, 11) is 2.68. The van der Waals surface area contributed by atoms with Gasteiger partial charge in [0.15, 0.2) is 0 Å². The van der Waals surface area contributed by atoms with Crippen LogP contribution in [0.1, 0.15) is 21.7 Å². The van der Waals surface area contributed by atoms with Crippen LogP contribution in [0.5, 0.6) is 0 Å². The second-order valence-electron chi connectivity index (χ2n) is 6.12. The van der Waals surface area contributed by atoms with Crippen molar-refractivity contribution in [2.75, 3.05) is 27.7 Å². The molecule has 0 saturated carbocycles. The molecule has 0 aromatic carbocycles. The van der Waals surface area contributed by atoms with Gasteiger partial charge in [0.05, 0.1) is 33.5 Å². The van der Waals surface area contributed by atoms with E-state index >= 15 is 0 Å². The van der Waals surface area contributed by atoms with Gasteiger partial charge in [-0.15, -0.1) is 0 Å². The van der Waals surface area contributed by atoms with Crippen LogP contribution in [0.3, 0.4) is 0 Å². The van der Waals surface area contributed by atoms with Gasteiger partial charge in [-0.05, 0) is 10.5 Å². The maximum absolute atomic E-state index is 10.1. The van der Waals surface area contributed by atoms with E-state index in [0.29, 0.717) is 11.0 Å². The number of hydrogen-bond acceptors (Lipinski definition) is 9. The van der Waals surface area contributed by atoms with E-state index in [-0.39, 0.29) is 13.8 Å². The Labute approximate surface area is 143 Å². The summed E-state index contributed by atoms with van der Waals surface area (Å²) in [6.45, 7) is 3.94. The molecule has 0 heterocycles. The van der Waals surface area contributed by atoms with Gasteiger partial charge in [-0.2, -0.15) is 0 Å². The number of nitrogens with two attached hydrogens (primary N) is 1. The molecular weight excluding hydrogens is 347 g/mol. The Balaban J connectivity index is -0.000000139. The Morgan fingerprint density at radius 2 is 1.71 bits per heavy atom. The minimum atomic E-state index is -3.04. The number of carboxylic acids is 2. The molecule has 11 nitrogen and oxygen atoms in total. The summed E-state index contributed by atoms with van der Waals surface area (Å²) in [6.07, 6.45) is -0.914. The molecule has 3 atom stereocenters. The number of aliphatic hydroxyl groups excluding tert-OH is 1. The number of carbonyl (C=O) groups excluding carboxylic acids is 1. The van der Waals surface area contributed by atoms with E-state index in [1.807, 2.05) is 21.1 Å². The van der Waals surface area contributed by atoms with Crippen molar-refractivity contribution in [3.63, 3.8) is 0 Å². The van der Waals surface area contributed by atoms with Crippen LogP contribution < -0.4 is 15.7 Å². The first-order valence-electron chi connectivity index (χ1n) is 6.76. The average Bonchev–Trinajstić information content (AvgIpc) is 2.35. The summed E-state index contributed by atoms with van der Waals surface area (Å²) in [5.41, 5.74) is 5.10. The Morgan fingerprint density at radius 1 is 1.33 bits per heavy atom. The van der Waals surface area contributed by atoms with Crippen LogP contribution >= 0.6 is 8.25 Å². The van der Waals surface area contributed by atoms with Crippen molar-refractivity contribution in [1.29, 1.82) is 0 Å². The highest BCUT2D eigenvalue weighted by Gasteiger charge is 2.17. The third-order valence-electron chi connectivity index (χ3n) is 2.23. The lowest BCUT2D eigenvalue weighted by Gasteiger charge is -2.25. The maximum Gasteiger partial charge on any atom is 0.521 e. The largest absolute Gasteiger partial charge is 0.565 e. The van der Waals surface area contributed by atoms with Gasteiger partial charge in [0.2, 0.25) is 0 Å². The zero-order chi connectivity index (χ0) is 20.1. The normalized spacial score (nSPS) is 13.7. The fourth-order valence-electron chi connectivity index (χ4n) is 1.17. The molecule has 0 rings (SSSR count). The third kappa shape index (κ3) is 25.7. The van der Waals surface area contributed by atoms with E-state index < -0.39 is 32.3 Å². The van der Waals surface area contributed by atoms with Crippen molar-refractivity contribution < 1.29 is 50.2 Å². The lowest BCUT2D eigenvalue weighted by atomic mass is 10.1. The standard InChI is InChI=1S/C7H15NO3.C5H11NO2.HO4P.H2/c1-8(2,3)5-6(9)4-7(10)11;1-3(2)4(6)5(7)8;1-4-5(2)3;/h6,9H,4-5H2,1-3H3;3-4H,6H2,1-2H3,(H,7,8);1H;1H/t6-;4-;;/m10../s1. The highest BCUT2D eigenvalue weighted by Crippen LogP contribution is 2.02. The lowest BCUT2D eigenvalue weighted by molar-refractivity contribution is -0.873. The van der Waals surface area contributed by atoms with Gasteiger partial charge >= 0.3 is 14.2 Å². The fraction of sp³-hybridized carbons (Fsp3) is 0.833. The van der Waals surface area contributed by atoms with Gasteiger partial charge in [-0.3, -0.25) is 4.79 Å². The smallest absolute Gasteiger partial charge is 0.521 e. The molecular formula is C12H29N2O9P. The van der Waals surface area contributed by atoms with E-state index in [0.717, 1.165) is 0 Å². The molecule has 0 aliphatic heterocycles. The Morgan fingerprint density at radius 3 is 1.83 bits per heavy atom. The van der Waals surface area contributed by atoms with Crippen LogP contribution in [-0.2, 0) is 18.8 Å². The fourth-order valence-corrected chi connectivity index (χ4v) is 1.17. The number of quaternary nitrogens is 1. The number of nitrogens with zero attached hydrogens (tertiary/aromatic N) is 1. The second-order valence-corrected chi connectivity index (χ2v) is 6.73. The molecule has 0 aromatic heterocycles. The topological polar surface area (TPSA) is 193 Å². The molecule has 1 unspecified atom stereocenters. The number of rotatable bonds is 7. The molecule has 0 aromatic rings. The molecule has 12 heteroatoms. The van der Waals surface area contributed by atoms with Gasteiger partial charge in [0.25, 0.3) is 0 Å². The quantitative estimate of drug-likeness (QED) is 0.167. The zero-order valence-corrected chi connectivity index (χ0v) is 15.3. The molecule has 0 aliphatic carbocycles. The maximum atomic E-state index is 10.1. The molecule has 0 amide bonds. The SMILES string of the molecule is CC(C)[C@H](N)C(=O)[O-].C[N+](C)(C)C[C@H](O)CC(=O)O.O=[P+]([O-])OO.[HH]. The Hall–Kier alpha value is -1.20. The predicted molar refractivity (Wildman–Crippen MR) is 82.4 cm³/mol. The van der Waals surface area contributed by atoms with E-state index in [1.165, 1.54) is 0 Å². The lowest BCUT2D eigenvalue weighted by Crippen LogP contribution is -2.45. The van der Waals surface area contributed by atoms with Crippen LogP contribution in [0, 0.1) is 5.92 Å².